The number of nitrogens with one attached hydrogen (secondary N) is 1. The Bertz CT molecular complexity index is 517. The first-order valence-electron chi connectivity index (χ1n) is 5.07. The van der Waals surface area contributed by atoms with Crippen LogP contribution in [0.15, 0.2) is 24.3 Å². The summed E-state index contributed by atoms with van der Waals surface area (Å²) in [7, 11) is 0.646. The van der Waals surface area contributed by atoms with E-state index in [0.717, 1.165) is 12.1 Å². The molecule has 1 aromatic carbocycles. The number of hydrogen-bond donors (Lipinski definition) is 2. The summed E-state index contributed by atoms with van der Waals surface area (Å²) in [6, 6.07) is 4.79. The third-order valence-electron chi connectivity index (χ3n) is 2.29. The highest BCUT2D eigenvalue weighted by molar-refractivity contribution is 6.30. The summed E-state index contributed by atoms with van der Waals surface area (Å²) >= 11 is 5.56. The molecule has 2 N–H and O–H groups in total. The Morgan fingerprint density at radius 1 is 1.25 bits per heavy atom. The molecule has 0 aromatic heterocycles. The Hall–Kier alpha value is -1.80. The Kier molecular flexibility index (Phi) is 4.61. The number of alkyl halides is 3. The van der Waals surface area contributed by atoms with Crippen molar-refractivity contribution in [2.75, 3.05) is 7.11 Å². The monoisotopic (exact) mass is 311 g/mol. The molecule has 5 nitrogen and oxygen atoms in total. The minimum absolute atomic E-state index is 0.221. The standard InChI is InChI=1S/C11H9ClF3NO4/c1-20-9(18)10(19,11(13,14)15)16-8(17)6-2-4-7(12)5-3-6/h2-5,19H,1H3,(H,16,17). The zero-order valence-corrected chi connectivity index (χ0v) is 10.7. The third kappa shape index (κ3) is 3.20. The van der Waals surface area contributed by atoms with Crippen LogP contribution in [0.5, 0.6) is 0 Å². The molecule has 9 heteroatoms. The lowest BCUT2D eigenvalue weighted by atomic mass is 10.1. The predicted octanol–water partition coefficient (Wildman–Crippen LogP) is 1.49. The molecule has 0 aliphatic heterocycles. The first-order valence-corrected chi connectivity index (χ1v) is 5.45. The van der Waals surface area contributed by atoms with Gasteiger partial charge in [0, 0.05) is 10.6 Å². The molecule has 1 atom stereocenters. The first-order chi connectivity index (χ1) is 9.11. The van der Waals surface area contributed by atoms with Crippen molar-refractivity contribution < 1.29 is 32.6 Å². The van der Waals surface area contributed by atoms with Gasteiger partial charge >= 0.3 is 17.9 Å². The predicted molar refractivity (Wildman–Crippen MR) is 61.9 cm³/mol. The number of rotatable bonds is 3. The molecule has 0 aliphatic rings. The summed E-state index contributed by atoms with van der Waals surface area (Å²) in [5.41, 5.74) is -4.35. The lowest BCUT2D eigenvalue weighted by Crippen LogP contribution is -2.64. The molecule has 1 amide bonds. The Balaban J connectivity index is 3.05. The van der Waals surface area contributed by atoms with E-state index in [-0.39, 0.29) is 10.6 Å². The van der Waals surface area contributed by atoms with E-state index in [1.165, 1.54) is 17.4 Å². The molecule has 0 heterocycles. The number of carbonyl (C=O) groups excluding carboxylic acids is 2. The fourth-order valence-electron chi connectivity index (χ4n) is 1.22. The maximum atomic E-state index is 12.7. The smallest absolute Gasteiger partial charge is 0.448 e. The molecule has 1 unspecified atom stereocenters. The minimum atomic E-state index is -5.44. The number of esters is 1. The summed E-state index contributed by atoms with van der Waals surface area (Å²) in [5.74, 6) is -3.36. The highest BCUT2D eigenvalue weighted by Gasteiger charge is 2.62. The van der Waals surface area contributed by atoms with Crippen LogP contribution in [0, 0.1) is 0 Å². The lowest BCUT2D eigenvalue weighted by Gasteiger charge is -2.28. The Labute approximate surface area is 116 Å². The van der Waals surface area contributed by atoms with E-state index in [4.69, 9.17) is 11.6 Å². The molecule has 0 radical (unpaired) electrons. The zero-order valence-electron chi connectivity index (χ0n) is 9.99. The first kappa shape index (κ1) is 16.3. The van der Waals surface area contributed by atoms with Crippen LogP contribution < -0.4 is 5.32 Å². The Morgan fingerprint density at radius 3 is 2.15 bits per heavy atom. The number of benzene rings is 1. The van der Waals surface area contributed by atoms with E-state index in [0.29, 0.717) is 7.11 Å². The molecule has 1 rings (SSSR count). The van der Waals surface area contributed by atoms with Crippen molar-refractivity contribution in [2.24, 2.45) is 0 Å². The topological polar surface area (TPSA) is 75.6 Å². The zero-order chi connectivity index (χ0) is 15.6. The van der Waals surface area contributed by atoms with Crippen molar-refractivity contribution in [3.8, 4) is 0 Å². The number of hydrogen-bond acceptors (Lipinski definition) is 4. The second-order valence-corrected chi connectivity index (χ2v) is 4.10. The number of carbonyl (C=O) groups is 2. The van der Waals surface area contributed by atoms with Gasteiger partial charge < -0.3 is 15.2 Å². The number of halogens is 4. The van der Waals surface area contributed by atoms with Gasteiger partial charge in [-0.3, -0.25) is 4.79 Å². The average molecular weight is 312 g/mol. The van der Waals surface area contributed by atoms with Crippen LogP contribution in [0.3, 0.4) is 0 Å². The van der Waals surface area contributed by atoms with Crippen molar-refractivity contribution in [3.63, 3.8) is 0 Å². The molecular weight excluding hydrogens is 303 g/mol. The molecule has 20 heavy (non-hydrogen) atoms. The maximum Gasteiger partial charge on any atom is 0.448 e. The van der Waals surface area contributed by atoms with Gasteiger partial charge in [-0.05, 0) is 24.3 Å². The van der Waals surface area contributed by atoms with E-state index in [2.05, 4.69) is 4.74 Å². The van der Waals surface area contributed by atoms with E-state index in [1.54, 1.807) is 0 Å². The van der Waals surface area contributed by atoms with Crippen LogP contribution >= 0.6 is 11.6 Å². The summed E-state index contributed by atoms with van der Waals surface area (Å²) in [6.45, 7) is 0. The fourth-order valence-corrected chi connectivity index (χ4v) is 1.35. The summed E-state index contributed by atoms with van der Waals surface area (Å²) in [5, 5.41) is 10.8. The molecule has 0 fully saturated rings. The van der Waals surface area contributed by atoms with Gasteiger partial charge in [0.1, 0.15) is 0 Å². The van der Waals surface area contributed by atoms with Gasteiger partial charge in [0.2, 0.25) is 0 Å². The number of methoxy groups -OCH3 is 1. The third-order valence-corrected chi connectivity index (χ3v) is 2.54. The van der Waals surface area contributed by atoms with Gasteiger partial charge in [-0.25, -0.2) is 4.79 Å². The van der Waals surface area contributed by atoms with Crippen molar-refractivity contribution in [3.05, 3.63) is 34.9 Å². The van der Waals surface area contributed by atoms with Gasteiger partial charge in [0.15, 0.2) is 0 Å². The Morgan fingerprint density at radius 2 is 1.75 bits per heavy atom. The van der Waals surface area contributed by atoms with Gasteiger partial charge in [-0.2, -0.15) is 13.2 Å². The fraction of sp³-hybridized carbons (Fsp3) is 0.273. The van der Waals surface area contributed by atoms with E-state index in [9.17, 15) is 27.9 Å². The average Bonchev–Trinajstić information content (AvgIpc) is 2.36. The molecule has 0 saturated carbocycles. The molecule has 0 aliphatic carbocycles. The van der Waals surface area contributed by atoms with Gasteiger partial charge in [0.05, 0.1) is 7.11 Å². The molecular formula is C11H9ClF3NO4. The SMILES string of the molecule is COC(=O)C(O)(NC(=O)c1ccc(Cl)cc1)C(F)(F)F. The lowest BCUT2D eigenvalue weighted by molar-refractivity contribution is -0.268. The normalized spacial score (nSPS) is 14.3. The van der Waals surface area contributed by atoms with Crippen molar-refractivity contribution in [1.82, 2.24) is 5.32 Å². The molecule has 110 valence electrons. The molecule has 0 saturated heterocycles. The van der Waals surface area contributed by atoms with Gasteiger partial charge in [-0.1, -0.05) is 11.6 Å². The largest absolute Gasteiger partial charge is 0.465 e. The van der Waals surface area contributed by atoms with Crippen LogP contribution in [-0.4, -0.2) is 36.0 Å². The molecule has 0 spiro atoms. The van der Waals surface area contributed by atoms with E-state index < -0.39 is 23.8 Å². The van der Waals surface area contributed by atoms with Crippen molar-refractivity contribution >= 4 is 23.5 Å². The van der Waals surface area contributed by atoms with Gasteiger partial charge in [-0.15, -0.1) is 0 Å². The van der Waals surface area contributed by atoms with Gasteiger partial charge in [0.25, 0.3) is 5.91 Å². The summed E-state index contributed by atoms with van der Waals surface area (Å²) < 4.78 is 41.9. The van der Waals surface area contributed by atoms with Crippen molar-refractivity contribution in [2.45, 2.75) is 11.9 Å². The highest BCUT2D eigenvalue weighted by atomic mass is 35.5. The second-order valence-electron chi connectivity index (χ2n) is 3.66. The highest BCUT2D eigenvalue weighted by Crippen LogP contribution is 2.29. The number of ether oxygens (including phenoxy) is 1. The number of aliphatic hydroxyl groups is 1. The van der Waals surface area contributed by atoms with Crippen LogP contribution in [0.1, 0.15) is 10.4 Å². The molecule has 0 bridgehead atoms. The summed E-state index contributed by atoms with van der Waals surface area (Å²) in [6.07, 6.45) is -5.44. The van der Waals surface area contributed by atoms with Crippen LogP contribution in [0.2, 0.25) is 5.02 Å². The number of amides is 1. The summed E-state index contributed by atoms with van der Waals surface area (Å²) in [4.78, 5) is 22.7. The molecule has 1 aromatic rings. The quantitative estimate of drug-likeness (QED) is 0.655. The van der Waals surface area contributed by atoms with Crippen LogP contribution in [-0.2, 0) is 9.53 Å². The minimum Gasteiger partial charge on any atom is -0.465 e. The maximum absolute atomic E-state index is 12.7. The van der Waals surface area contributed by atoms with Crippen LogP contribution in [0.25, 0.3) is 0 Å². The van der Waals surface area contributed by atoms with Crippen LogP contribution in [0.4, 0.5) is 13.2 Å². The second kappa shape index (κ2) is 5.68. The van der Waals surface area contributed by atoms with Crippen molar-refractivity contribution in [1.29, 1.82) is 0 Å². The van der Waals surface area contributed by atoms with E-state index >= 15 is 0 Å². The van der Waals surface area contributed by atoms with E-state index in [1.807, 2.05) is 0 Å².